The predicted octanol–water partition coefficient (Wildman–Crippen LogP) is 1.98. The molecule has 2 aromatic heterocycles. The summed E-state index contributed by atoms with van der Waals surface area (Å²) >= 11 is 1.61. The quantitative estimate of drug-likeness (QED) is 0.809. The highest BCUT2D eigenvalue weighted by Crippen LogP contribution is 2.20. The Morgan fingerprint density at radius 2 is 2.00 bits per heavy atom. The molecule has 0 aromatic carbocycles. The lowest BCUT2D eigenvalue weighted by molar-refractivity contribution is 0.0740. The smallest absolute Gasteiger partial charge is 0.311 e. The molecule has 0 saturated carbocycles. The van der Waals surface area contributed by atoms with E-state index in [4.69, 9.17) is 4.42 Å². The highest BCUT2D eigenvalue weighted by atomic mass is 32.1. The minimum atomic E-state index is -0.295. The summed E-state index contributed by atoms with van der Waals surface area (Å²) in [6, 6.07) is 0. The molecule has 2 aromatic rings. The molecule has 0 radical (unpaired) electrons. The fourth-order valence-electron chi connectivity index (χ4n) is 1.81. The minimum absolute atomic E-state index is 0.0127. The Kier molecular flexibility index (Phi) is 5.25. The highest BCUT2D eigenvalue weighted by molar-refractivity contribution is 7.09. The zero-order valence-corrected chi connectivity index (χ0v) is 14.3. The molecule has 0 atom stereocenters. The molecule has 8 heteroatoms. The molecule has 0 N–H and O–H groups in total. The van der Waals surface area contributed by atoms with Gasteiger partial charge in [0.15, 0.2) is 0 Å². The molecule has 2 heterocycles. The van der Waals surface area contributed by atoms with E-state index in [-0.39, 0.29) is 11.8 Å². The van der Waals surface area contributed by atoms with Crippen molar-refractivity contribution in [1.82, 2.24) is 25.0 Å². The summed E-state index contributed by atoms with van der Waals surface area (Å²) in [5.74, 6) is 0.539. The molecule has 0 bridgehead atoms. The van der Waals surface area contributed by atoms with Gasteiger partial charge in [-0.15, -0.1) is 21.5 Å². The standard InChI is InChI=1S/C14H21N5O2S/c1-9(2)13-15-10(8-22-13)6-19(5)14(20)12-17-16-11(21-12)7-18(3)4/h8-9H,6-7H2,1-5H3. The van der Waals surface area contributed by atoms with Gasteiger partial charge in [0, 0.05) is 18.3 Å². The van der Waals surface area contributed by atoms with Crippen molar-refractivity contribution in [2.24, 2.45) is 0 Å². The van der Waals surface area contributed by atoms with E-state index in [1.165, 1.54) is 4.90 Å². The van der Waals surface area contributed by atoms with Gasteiger partial charge in [-0.1, -0.05) is 13.8 Å². The number of hydrogen-bond donors (Lipinski definition) is 0. The molecule has 0 spiro atoms. The summed E-state index contributed by atoms with van der Waals surface area (Å²) in [5, 5.41) is 10.7. The van der Waals surface area contributed by atoms with E-state index in [1.54, 1.807) is 18.4 Å². The molecule has 2 rings (SSSR count). The van der Waals surface area contributed by atoms with Gasteiger partial charge in [-0.25, -0.2) is 4.98 Å². The van der Waals surface area contributed by atoms with Crippen LogP contribution in [0.25, 0.3) is 0 Å². The summed E-state index contributed by atoms with van der Waals surface area (Å²) in [6.07, 6.45) is 0. The van der Waals surface area contributed by atoms with E-state index in [2.05, 4.69) is 29.0 Å². The Labute approximate surface area is 134 Å². The van der Waals surface area contributed by atoms with Crippen LogP contribution >= 0.6 is 11.3 Å². The molecule has 0 fully saturated rings. The van der Waals surface area contributed by atoms with E-state index in [0.717, 1.165) is 10.7 Å². The van der Waals surface area contributed by atoms with Crippen molar-refractivity contribution < 1.29 is 9.21 Å². The third-order valence-electron chi connectivity index (χ3n) is 2.91. The Balaban J connectivity index is 2.00. The topological polar surface area (TPSA) is 75.4 Å². The number of carbonyl (C=O) groups is 1. The molecule has 0 aliphatic carbocycles. The Morgan fingerprint density at radius 1 is 1.27 bits per heavy atom. The highest BCUT2D eigenvalue weighted by Gasteiger charge is 2.20. The third-order valence-corrected chi connectivity index (χ3v) is 4.10. The van der Waals surface area contributed by atoms with Gasteiger partial charge in [-0.05, 0) is 14.1 Å². The maximum absolute atomic E-state index is 12.3. The minimum Gasteiger partial charge on any atom is -0.415 e. The van der Waals surface area contributed by atoms with Crippen LogP contribution in [0.2, 0.25) is 0 Å². The molecule has 7 nitrogen and oxygen atoms in total. The van der Waals surface area contributed by atoms with Crippen LogP contribution in [-0.4, -0.2) is 52.0 Å². The largest absolute Gasteiger partial charge is 0.415 e. The first-order valence-corrected chi connectivity index (χ1v) is 7.91. The van der Waals surface area contributed by atoms with Crippen LogP contribution in [0.15, 0.2) is 9.80 Å². The van der Waals surface area contributed by atoms with Gasteiger partial charge in [-0.3, -0.25) is 4.79 Å². The van der Waals surface area contributed by atoms with Crippen molar-refractivity contribution in [3.63, 3.8) is 0 Å². The van der Waals surface area contributed by atoms with Crippen LogP contribution in [0.5, 0.6) is 0 Å². The Bertz CT molecular complexity index is 635. The lowest BCUT2D eigenvalue weighted by atomic mass is 10.2. The SMILES string of the molecule is CC(C)c1nc(CN(C)C(=O)c2nnc(CN(C)C)o2)cs1. The number of thiazole rings is 1. The fourth-order valence-corrected chi connectivity index (χ4v) is 2.64. The number of carbonyl (C=O) groups excluding carboxylic acids is 1. The Hall–Kier alpha value is -1.80. The second kappa shape index (κ2) is 6.97. The molecule has 0 aliphatic heterocycles. The molecule has 1 amide bonds. The van der Waals surface area contributed by atoms with E-state index in [1.807, 2.05) is 24.4 Å². The zero-order chi connectivity index (χ0) is 16.3. The molecular formula is C14H21N5O2S. The van der Waals surface area contributed by atoms with Gasteiger partial charge in [0.2, 0.25) is 5.89 Å². The maximum Gasteiger partial charge on any atom is 0.311 e. The molecule has 22 heavy (non-hydrogen) atoms. The number of rotatable bonds is 6. The first kappa shape index (κ1) is 16.6. The van der Waals surface area contributed by atoms with E-state index in [0.29, 0.717) is 24.9 Å². The average Bonchev–Trinajstić information content (AvgIpc) is 3.06. The second-order valence-corrected chi connectivity index (χ2v) is 6.62. The van der Waals surface area contributed by atoms with Gasteiger partial charge in [0.05, 0.1) is 23.8 Å². The van der Waals surface area contributed by atoms with Crippen molar-refractivity contribution in [3.05, 3.63) is 27.9 Å². The molecule has 0 aliphatic rings. The number of amides is 1. The second-order valence-electron chi connectivity index (χ2n) is 5.73. The van der Waals surface area contributed by atoms with Crippen LogP contribution < -0.4 is 0 Å². The number of aromatic nitrogens is 3. The van der Waals surface area contributed by atoms with Crippen molar-refractivity contribution in [2.75, 3.05) is 21.1 Å². The van der Waals surface area contributed by atoms with Crippen molar-refractivity contribution in [2.45, 2.75) is 32.9 Å². The van der Waals surface area contributed by atoms with E-state index in [9.17, 15) is 4.79 Å². The van der Waals surface area contributed by atoms with E-state index < -0.39 is 0 Å². The van der Waals surface area contributed by atoms with Crippen LogP contribution in [0.1, 0.15) is 47.0 Å². The normalized spacial score (nSPS) is 11.4. The third kappa shape index (κ3) is 4.11. The van der Waals surface area contributed by atoms with Gasteiger partial charge in [-0.2, -0.15) is 0 Å². The monoisotopic (exact) mass is 323 g/mol. The fraction of sp³-hybridized carbons (Fsp3) is 0.571. The summed E-state index contributed by atoms with van der Waals surface area (Å²) in [7, 11) is 5.49. The first-order valence-electron chi connectivity index (χ1n) is 7.03. The molecule has 0 saturated heterocycles. The van der Waals surface area contributed by atoms with Crippen LogP contribution in [0.3, 0.4) is 0 Å². The summed E-state index contributed by atoms with van der Waals surface area (Å²) < 4.78 is 5.39. The molecule has 120 valence electrons. The lowest BCUT2D eigenvalue weighted by Crippen LogP contribution is -2.26. The summed E-state index contributed by atoms with van der Waals surface area (Å²) in [4.78, 5) is 20.2. The van der Waals surface area contributed by atoms with Crippen LogP contribution in [0.4, 0.5) is 0 Å². The number of nitrogens with zero attached hydrogens (tertiary/aromatic N) is 5. The number of hydrogen-bond acceptors (Lipinski definition) is 7. The zero-order valence-electron chi connectivity index (χ0n) is 13.5. The van der Waals surface area contributed by atoms with Crippen molar-refractivity contribution >= 4 is 17.2 Å². The van der Waals surface area contributed by atoms with Gasteiger partial charge in [0.1, 0.15) is 0 Å². The Morgan fingerprint density at radius 3 is 2.59 bits per heavy atom. The van der Waals surface area contributed by atoms with Crippen molar-refractivity contribution in [1.29, 1.82) is 0 Å². The molecule has 0 unspecified atom stereocenters. The van der Waals surface area contributed by atoms with Gasteiger partial charge in [0.25, 0.3) is 0 Å². The maximum atomic E-state index is 12.3. The summed E-state index contributed by atoms with van der Waals surface area (Å²) in [6.45, 7) is 5.13. The summed E-state index contributed by atoms with van der Waals surface area (Å²) in [5.41, 5.74) is 0.873. The molecular weight excluding hydrogens is 302 g/mol. The lowest BCUT2D eigenvalue weighted by Gasteiger charge is -2.13. The van der Waals surface area contributed by atoms with Crippen LogP contribution in [-0.2, 0) is 13.1 Å². The van der Waals surface area contributed by atoms with E-state index >= 15 is 0 Å². The van der Waals surface area contributed by atoms with Gasteiger partial charge < -0.3 is 14.2 Å². The van der Waals surface area contributed by atoms with Gasteiger partial charge >= 0.3 is 11.8 Å². The first-order chi connectivity index (χ1) is 10.4. The average molecular weight is 323 g/mol. The van der Waals surface area contributed by atoms with Crippen LogP contribution in [0, 0.1) is 0 Å². The predicted molar refractivity (Wildman–Crippen MR) is 83.7 cm³/mol. The van der Waals surface area contributed by atoms with Crippen molar-refractivity contribution in [3.8, 4) is 0 Å².